The van der Waals surface area contributed by atoms with E-state index in [0.717, 1.165) is 6.07 Å². The lowest BCUT2D eigenvalue weighted by atomic mass is 10.2. The SMILES string of the molecule is Cc1ccccc1S(=O)(=O)CCc1cc(=O)c(O)c(CO)o1. The number of aliphatic hydroxyl groups is 1. The van der Waals surface area contributed by atoms with Crippen LogP contribution in [0.25, 0.3) is 0 Å². The lowest BCUT2D eigenvalue weighted by Crippen LogP contribution is -2.12. The van der Waals surface area contributed by atoms with Gasteiger partial charge in [0, 0.05) is 12.5 Å². The molecule has 2 N–H and O–H groups in total. The Morgan fingerprint density at radius 2 is 1.91 bits per heavy atom. The van der Waals surface area contributed by atoms with Crippen molar-refractivity contribution < 1.29 is 23.0 Å². The van der Waals surface area contributed by atoms with E-state index >= 15 is 0 Å². The van der Waals surface area contributed by atoms with Gasteiger partial charge in [0.1, 0.15) is 12.4 Å². The highest BCUT2D eigenvalue weighted by molar-refractivity contribution is 7.91. The van der Waals surface area contributed by atoms with Gasteiger partial charge in [-0.25, -0.2) is 8.42 Å². The highest BCUT2D eigenvalue weighted by Crippen LogP contribution is 2.18. The molecule has 6 nitrogen and oxygen atoms in total. The van der Waals surface area contributed by atoms with Crippen LogP contribution >= 0.6 is 0 Å². The predicted octanol–water partition coefficient (Wildman–Crippen LogP) is 1.16. The summed E-state index contributed by atoms with van der Waals surface area (Å²) in [7, 11) is -3.52. The molecule has 0 saturated carbocycles. The molecule has 118 valence electrons. The van der Waals surface area contributed by atoms with E-state index in [0.29, 0.717) is 5.56 Å². The summed E-state index contributed by atoms with van der Waals surface area (Å²) in [4.78, 5) is 11.7. The monoisotopic (exact) mass is 324 g/mol. The molecule has 0 radical (unpaired) electrons. The number of aliphatic hydroxyl groups excluding tert-OH is 1. The lowest BCUT2D eigenvalue weighted by Gasteiger charge is -2.08. The Morgan fingerprint density at radius 1 is 1.23 bits per heavy atom. The topological polar surface area (TPSA) is 105 Å². The minimum absolute atomic E-state index is 0.0286. The van der Waals surface area contributed by atoms with Crippen molar-refractivity contribution in [2.24, 2.45) is 0 Å². The van der Waals surface area contributed by atoms with Gasteiger partial charge in [0.05, 0.1) is 10.6 Å². The Bertz CT molecular complexity index is 835. The van der Waals surface area contributed by atoms with Crippen LogP contribution in [0.15, 0.2) is 44.4 Å². The van der Waals surface area contributed by atoms with Gasteiger partial charge in [-0.05, 0) is 18.6 Å². The zero-order valence-electron chi connectivity index (χ0n) is 11.9. The van der Waals surface area contributed by atoms with Crippen molar-refractivity contribution in [1.82, 2.24) is 0 Å². The summed E-state index contributed by atoms with van der Waals surface area (Å²) in [6.45, 7) is 1.07. The number of aryl methyl sites for hydroxylation is 2. The molecule has 2 aromatic rings. The van der Waals surface area contributed by atoms with E-state index in [1.807, 2.05) is 0 Å². The van der Waals surface area contributed by atoms with Gasteiger partial charge in [-0.2, -0.15) is 0 Å². The number of hydrogen-bond acceptors (Lipinski definition) is 6. The summed E-state index contributed by atoms with van der Waals surface area (Å²) in [5, 5.41) is 18.4. The fourth-order valence-corrected chi connectivity index (χ4v) is 3.60. The number of aromatic hydroxyl groups is 1. The van der Waals surface area contributed by atoms with Gasteiger partial charge in [0.25, 0.3) is 0 Å². The van der Waals surface area contributed by atoms with Crippen LogP contribution in [-0.4, -0.2) is 24.4 Å². The van der Waals surface area contributed by atoms with Crippen molar-refractivity contribution >= 4 is 9.84 Å². The van der Waals surface area contributed by atoms with Crippen LogP contribution in [0.1, 0.15) is 17.1 Å². The molecule has 0 fully saturated rings. The lowest BCUT2D eigenvalue weighted by molar-refractivity contribution is 0.228. The summed E-state index contributed by atoms with van der Waals surface area (Å²) in [5.41, 5.74) is -0.0655. The zero-order valence-corrected chi connectivity index (χ0v) is 12.8. The van der Waals surface area contributed by atoms with Crippen LogP contribution < -0.4 is 5.43 Å². The van der Waals surface area contributed by atoms with Gasteiger partial charge >= 0.3 is 0 Å². The quantitative estimate of drug-likeness (QED) is 0.855. The first-order valence-corrected chi connectivity index (χ1v) is 8.24. The van der Waals surface area contributed by atoms with Crippen molar-refractivity contribution in [2.75, 3.05) is 5.75 Å². The zero-order chi connectivity index (χ0) is 16.3. The van der Waals surface area contributed by atoms with Gasteiger partial charge in [-0.15, -0.1) is 0 Å². The van der Waals surface area contributed by atoms with E-state index in [1.165, 1.54) is 6.07 Å². The molecule has 1 aromatic heterocycles. The Labute approximate surface area is 127 Å². The molecule has 0 aliphatic heterocycles. The maximum Gasteiger partial charge on any atom is 0.227 e. The fourth-order valence-electron chi connectivity index (χ4n) is 2.07. The Kier molecular flexibility index (Phi) is 4.68. The van der Waals surface area contributed by atoms with Crippen molar-refractivity contribution in [3.63, 3.8) is 0 Å². The maximum atomic E-state index is 12.3. The van der Waals surface area contributed by atoms with E-state index in [2.05, 4.69) is 0 Å². The third-order valence-electron chi connectivity index (χ3n) is 3.23. The van der Waals surface area contributed by atoms with Crippen molar-refractivity contribution in [1.29, 1.82) is 0 Å². The van der Waals surface area contributed by atoms with E-state index in [9.17, 15) is 18.3 Å². The van der Waals surface area contributed by atoms with Crippen LogP contribution in [0.2, 0.25) is 0 Å². The Balaban J connectivity index is 2.25. The van der Waals surface area contributed by atoms with Crippen LogP contribution in [0.4, 0.5) is 0 Å². The number of hydrogen-bond donors (Lipinski definition) is 2. The van der Waals surface area contributed by atoms with E-state index in [1.54, 1.807) is 25.1 Å². The molecule has 0 amide bonds. The summed E-state index contributed by atoms with van der Waals surface area (Å²) in [6, 6.07) is 7.65. The van der Waals surface area contributed by atoms with Crippen molar-refractivity contribution in [3.05, 3.63) is 57.6 Å². The van der Waals surface area contributed by atoms with Crippen LogP contribution in [-0.2, 0) is 22.9 Å². The Morgan fingerprint density at radius 3 is 2.55 bits per heavy atom. The third kappa shape index (κ3) is 3.37. The second kappa shape index (κ2) is 6.33. The standard InChI is InChI=1S/C15H16O6S/c1-10-4-2-3-5-14(10)22(19,20)7-6-11-8-12(17)15(18)13(9-16)21-11/h2-5,8,16,18H,6-7,9H2,1H3. The summed E-state index contributed by atoms with van der Waals surface area (Å²) in [5.74, 6) is -1.07. The van der Waals surface area contributed by atoms with Gasteiger partial charge in [0.2, 0.25) is 11.2 Å². The highest BCUT2D eigenvalue weighted by Gasteiger charge is 2.18. The molecule has 1 aromatic carbocycles. The first-order chi connectivity index (χ1) is 10.3. The molecular weight excluding hydrogens is 308 g/mol. The maximum absolute atomic E-state index is 12.3. The minimum atomic E-state index is -3.52. The largest absolute Gasteiger partial charge is 0.502 e. The van der Waals surface area contributed by atoms with Gasteiger partial charge in [-0.3, -0.25) is 4.79 Å². The summed E-state index contributed by atoms with van der Waals surface area (Å²) < 4.78 is 29.8. The molecule has 2 rings (SSSR count). The molecule has 0 spiro atoms. The van der Waals surface area contributed by atoms with Gasteiger partial charge in [0.15, 0.2) is 15.6 Å². The van der Waals surface area contributed by atoms with Crippen LogP contribution in [0, 0.1) is 6.92 Å². The first-order valence-electron chi connectivity index (χ1n) is 6.59. The second-order valence-electron chi connectivity index (χ2n) is 4.84. The average Bonchev–Trinajstić information content (AvgIpc) is 2.48. The molecular formula is C15H16O6S. The first kappa shape index (κ1) is 16.3. The minimum Gasteiger partial charge on any atom is -0.502 e. The molecule has 7 heteroatoms. The van der Waals surface area contributed by atoms with Crippen molar-refractivity contribution in [3.8, 4) is 5.75 Å². The Hall–Kier alpha value is -2.12. The van der Waals surface area contributed by atoms with Gasteiger partial charge in [-0.1, -0.05) is 18.2 Å². The normalized spacial score (nSPS) is 11.5. The summed E-state index contributed by atoms with van der Waals surface area (Å²) >= 11 is 0. The molecule has 0 atom stereocenters. The predicted molar refractivity (Wildman–Crippen MR) is 79.5 cm³/mol. The van der Waals surface area contributed by atoms with Crippen molar-refractivity contribution in [2.45, 2.75) is 24.8 Å². The average molecular weight is 324 g/mol. The molecule has 0 aliphatic carbocycles. The number of rotatable bonds is 5. The van der Waals surface area contributed by atoms with Crippen LogP contribution in [0.5, 0.6) is 5.75 Å². The highest BCUT2D eigenvalue weighted by atomic mass is 32.2. The van der Waals surface area contributed by atoms with E-state index < -0.39 is 27.6 Å². The van der Waals surface area contributed by atoms with Crippen LogP contribution in [0.3, 0.4) is 0 Å². The molecule has 0 bridgehead atoms. The van der Waals surface area contributed by atoms with E-state index in [-0.39, 0.29) is 28.6 Å². The number of benzene rings is 1. The molecule has 1 heterocycles. The molecule has 0 unspecified atom stereocenters. The molecule has 0 saturated heterocycles. The van der Waals surface area contributed by atoms with Gasteiger partial charge < -0.3 is 14.6 Å². The molecule has 22 heavy (non-hydrogen) atoms. The summed E-state index contributed by atoms with van der Waals surface area (Å²) in [6.07, 6.45) is -0.0286. The smallest absolute Gasteiger partial charge is 0.227 e. The van der Waals surface area contributed by atoms with E-state index in [4.69, 9.17) is 9.52 Å². The number of sulfone groups is 1. The second-order valence-corrected chi connectivity index (χ2v) is 6.92. The fraction of sp³-hybridized carbons (Fsp3) is 0.267. The third-order valence-corrected chi connectivity index (χ3v) is 5.10. The molecule has 0 aliphatic rings.